The summed E-state index contributed by atoms with van der Waals surface area (Å²) in [7, 11) is 2.84. The summed E-state index contributed by atoms with van der Waals surface area (Å²) in [5.41, 5.74) is 2.62. The van der Waals surface area contributed by atoms with Crippen LogP contribution in [0.4, 0.5) is 0 Å². The van der Waals surface area contributed by atoms with E-state index >= 15 is 0 Å². The first-order chi connectivity index (χ1) is 28.0. The van der Waals surface area contributed by atoms with Crippen molar-refractivity contribution in [2.45, 2.75) is 136 Å². The van der Waals surface area contributed by atoms with Gasteiger partial charge in [-0.15, -0.1) is 0 Å². The van der Waals surface area contributed by atoms with Crippen molar-refractivity contribution < 1.29 is 34.4 Å². The lowest BCUT2D eigenvalue weighted by atomic mass is 9.84. The molecule has 0 radical (unpaired) electrons. The van der Waals surface area contributed by atoms with Gasteiger partial charge in [0.25, 0.3) is 0 Å². The minimum atomic E-state index is -0.597. The first kappa shape index (κ1) is 51.4. The third-order valence-electron chi connectivity index (χ3n) is 12.2. The minimum Gasteiger partial charge on any atom is -0.469 e. The number of aliphatic hydroxyl groups excluding tert-OH is 3. The maximum atomic E-state index is 11.2. The Kier molecular flexibility index (Phi) is 25.6. The number of benzene rings is 2. The Bertz CT molecular complexity index is 1420. The third-order valence-corrected chi connectivity index (χ3v) is 12.2. The molecule has 2 aliphatic rings. The van der Waals surface area contributed by atoms with Crippen LogP contribution in [0.25, 0.3) is 0 Å². The summed E-state index contributed by atoms with van der Waals surface area (Å²) >= 11 is 0. The van der Waals surface area contributed by atoms with E-state index in [1.807, 2.05) is 48.6 Å². The number of carbonyl (C=O) groups is 2. The quantitative estimate of drug-likeness (QED) is 0.0616. The Morgan fingerprint density at radius 1 is 0.678 bits per heavy atom. The zero-order chi connectivity index (χ0) is 42.1. The molecule has 0 saturated heterocycles. The Hall–Kier alpha value is -3.78. The van der Waals surface area contributed by atoms with Gasteiger partial charge in [-0.05, 0) is 117 Å². The number of esters is 2. The number of unbranched alkanes of at least 4 members (excludes halogenated alkanes) is 2. The zero-order valence-corrected chi connectivity index (χ0v) is 36.0. The molecule has 2 aromatic carbocycles. The molecule has 4 rings (SSSR count). The summed E-state index contributed by atoms with van der Waals surface area (Å²) in [6.45, 7) is 7.18. The van der Waals surface area contributed by atoms with Crippen LogP contribution < -0.4 is 0 Å². The van der Waals surface area contributed by atoms with E-state index in [2.05, 4.69) is 80.1 Å². The number of methoxy groups -OCH3 is 2. The summed E-state index contributed by atoms with van der Waals surface area (Å²) in [5.74, 6) is 3.03. The maximum Gasteiger partial charge on any atom is 0.305 e. The summed E-state index contributed by atoms with van der Waals surface area (Å²) in [4.78, 5) is 22.3. The normalized spacial score (nSPS) is 25.2. The highest BCUT2D eigenvalue weighted by Gasteiger charge is 2.39. The van der Waals surface area contributed by atoms with Crippen molar-refractivity contribution in [2.24, 2.45) is 41.4 Å². The highest BCUT2D eigenvalue weighted by Crippen LogP contribution is 2.44. The molecule has 0 heterocycles. The van der Waals surface area contributed by atoms with Gasteiger partial charge in [0.2, 0.25) is 0 Å². The number of aliphatic hydroxyl groups is 3. The van der Waals surface area contributed by atoms with Gasteiger partial charge in [0.05, 0.1) is 32.5 Å². The van der Waals surface area contributed by atoms with Crippen LogP contribution in [0.1, 0.15) is 116 Å². The molecule has 0 aromatic heterocycles. The Balaban J connectivity index is 0.000000400. The van der Waals surface area contributed by atoms with E-state index in [0.717, 1.165) is 62.7 Å². The second kappa shape index (κ2) is 29.4. The van der Waals surface area contributed by atoms with Gasteiger partial charge in [0, 0.05) is 25.2 Å². The molecule has 7 heteroatoms. The molecule has 10 atom stereocenters. The van der Waals surface area contributed by atoms with Gasteiger partial charge in [-0.25, -0.2) is 0 Å². The average molecular weight is 815 g/mol. The van der Waals surface area contributed by atoms with Crippen molar-refractivity contribution in [1.29, 1.82) is 0 Å². The van der Waals surface area contributed by atoms with Crippen molar-refractivity contribution in [3.05, 3.63) is 120 Å². The smallest absolute Gasteiger partial charge is 0.305 e. The second-order valence-electron chi connectivity index (χ2n) is 16.8. The van der Waals surface area contributed by atoms with E-state index in [0.29, 0.717) is 43.9 Å². The fourth-order valence-corrected chi connectivity index (χ4v) is 8.59. The topological polar surface area (TPSA) is 113 Å². The molecular weight excluding hydrogens is 737 g/mol. The summed E-state index contributed by atoms with van der Waals surface area (Å²) < 4.78 is 9.31. The van der Waals surface area contributed by atoms with Gasteiger partial charge in [-0.1, -0.05) is 137 Å². The van der Waals surface area contributed by atoms with Gasteiger partial charge < -0.3 is 24.8 Å². The first-order valence-corrected chi connectivity index (χ1v) is 21.9. The van der Waals surface area contributed by atoms with Crippen LogP contribution in [0.15, 0.2) is 109 Å². The zero-order valence-electron chi connectivity index (χ0n) is 36.0. The molecule has 328 valence electrons. The van der Waals surface area contributed by atoms with Crippen LogP contribution in [0.3, 0.4) is 0 Å². The number of aryl methyl sites for hydroxylation is 2. The van der Waals surface area contributed by atoms with Crippen LogP contribution in [0.2, 0.25) is 0 Å². The molecule has 0 bridgehead atoms. The lowest BCUT2D eigenvalue weighted by Crippen LogP contribution is -2.20. The Labute approximate surface area is 357 Å². The number of ether oxygens (including phenoxy) is 2. The van der Waals surface area contributed by atoms with E-state index in [-0.39, 0.29) is 31.2 Å². The largest absolute Gasteiger partial charge is 0.469 e. The summed E-state index contributed by atoms with van der Waals surface area (Å²) in [6, 6.07) is 20.8. The van der Waals surface area contributed by atoms with Crippen molar-refractivity contribution in [1.82, 2.24) is 0 Å². The molecule has 3 N–H and O–H groups in total. The van der Waals surface area contributed by atoms with E-state index in [1.165, 1.54) is 38.2 Å². The lowest BCUT2D eigenvalue weighted by Gasteiger charge is -2.21. The first-order valence-electron chi connectivity index (χ1n) is 21.9. The fourth-order valence-electron chi connectivity index (χ4n) is 8.59. The van der Waals surface area contributed by atoms with Crippen LogP contribution in [0.5, 0.6) is 0 Å². The van der Waals surface area contributed by atoms with Gasteiger partial charge in [-0.2, -0.15) is 0 Å². The minimum absolute atomic E-state index is 0. The number of hydrogen-bond donors (Lipinski definition) is 3. The van der Waals surface area contributed by atoms with Crippen molar-refractivity contribution in [3.63, 3.8) is 0 Å². The fraction of sp³-hybridized carbons (Fsp3) is 0.577. The number of allylic oxidation sites excluding steroid dienone is 6. The lowest BCUT2D eigenvalue weighted by molar-refractivity contribution is -0.141. The number of carbonyl (C=O) groups excluding carboxylic acids is 2. The molecule has 59 heavy (non-hydrogen) atoms. The van der Waals surface area contributed by atoms with Gasteiger partial charge in [0.1, 0.15) is 0 Å². The number of hydrogen-bond acceptors (Lipinski definition) is 7. The van der Waals surface area contributed by atoms with E-state index in [4.69, 9.17) is 4.74 Å². The monoisotopic (exact) mass is 815 g/mol. The molecule has 0 amide bonds. The van der Waals surface area contributed by atoms with Gasteiger partial charge in [-0.3, -0.25) is 9.59 Å². The second-order valence-corrected chi connectivity index (χ2v) is 16.8. The van der Waals surface area contributed by atoms with Crippen molar-refractivity contribution in [3.8, 4) is 0 Å². The van der Waals surface area contributed by atoms with Crippen LogP contribution in [-0.2, 0) is 31.9 Å². The van der Waals surface area contributed by atoms with E-state index in [1.54, 1.807) is 6.08 Å². The molecule has 0 aliphatic heterocycles. The molecule has 0 spiro atoms. The maximum absolute atomic E-state index is 11.2. The highest BCUT2D eigenvalue weighted by molar-refractivity contribution is 5.69. The van der Waals surface area contributed by atoms with E-state index in [9.17, 15) is 24.9 Å². The SMILES string of the molecule is C.COC(=O)CCC/C=C\C[C@@H]1[C@@H](/C=C/[C@@H](C)CCc2ccccc2)[C@H](C)C[C@@H]1C.COC(=O)CCC/C=C\C[C@@H]1[C@@H](/C=C/[C@@H](O)CCc2ccccc2)[C@H](O)C[C@@H]1O. The highest BCUT2D eigenvalue weighted by atomic mass is 16.5. The Morgan fingerprint density at radius 3 is 1.73 bits per heavy atom. The van der Waals surface area contributed by atoms with Crippen LogP contribution >= 0.6 is 0 Å². The number of rotatable bonds is 22. The molecule has 7 nitrogen and oxygen atoms in total. The van der Waals surface area contributed by atoms with Crippen LogP contribution in [0, 0.1) is 41.4 Å². The van der Waals surface area contributed by atoms with Crippen LogP contribution in [-0.4, -0.2) is 59.8 Å². The molecule has 2 aromatic rings. The van der Waals surface area contributed by atoms with Crippen molar-refractivity contribution >= 4 is 11.9 Å². The predicted octanol–water partition coefficient (Wildman–Crippen LogP) is 10.8. The Morgan fingerprint density at radius 2 is 1.19 bits per heavy atom. The third kappa shape index (κ3) is 19.9. The molecule has 0 unspecified atom stereocenters. The average Bonchev–Trinajstić information content (AvgIpc) is 3.66. The van der Waals surface area contributed by atoms with Gasteiger partial charge >= 0.3 is 11.9 Å². The molecule has 2 saturated carbocycles. The van der Waals surface area contributed by atoms with Crippen molar-refractivity contribution in [2.75, 3.05) is 14.2 Å². The molecule has 2 fully saturated rings. The predicted molar refractivity (Wildman–Crippen MR) is 242 cm³/mol. The van der Waals surface area contributed by atoms with Gasteiger partial charge in [0.15, 0.2) is 0 Å². The molecular formula is C52H78O7. The summed E-state index contributed by atoms with van der Waals surface area (Å²) in [5, 5.41) is 30.9. The standard InChI is InChI=1S/C27H40O2.C24H34O5.CH4/c1-21(16-18-24-12-8-7-9-13-24)17-19-26-23(3)20-22(2)25(26)14-10-5-6-11-15-27(28)29-4;1-29-24(28)12-8-3-2-7-11-20-21(23(27)17-22(20)26)16-15-19(25)14-13-18-9-5-4-6-10-18;/h5,7-10,12-13,17,19,21-23,25-26H,6,11,14-16,18,20H2,1-4H3;2,4-7,9-10,15-16,19-23,25-27H,3,8,11-14,17H2,1H3;1H4/b10-5-,19-17+;7-2-,16-15+;/t21-,22-,23+,25-,26-;19-,20+,21+,22-,23+;/m00./s1. The molecule has 2 aliphatic carbocycles. The van der Waals surface area contributed by atoms with E-state index < -0.39 is 18.3 Å². The summed E-state index contributed by atoms with van der Waals surface area (Å²) in [6.07, 6.45) is 27.0.